The van der Waals surface area contributed by atoms with Crippen LogP contribution in [0.1, 0.15) is 30.9 Å². The van der Waals surface area contributed by atoms with E-state index in [9.17, 15) is 5.11 Å². The molecule has 2 fully saturated rings. The van der Waals surface area contributed by atoms with Crippen LogP contribution in [-0.2, 0) is 6.54 Å². The molecule has 2 saturated heterocycles. The number of fused-ring (bicyclic) bond motifs is 1. The predicted octanol–water partition coefficient (Wildman–Crippen LogP) is 2.37. The standard InChI is InChI=1S/C16H24N2O/c1-12-5-3-6-14(16(12)19)10-18-11-15-7-4-8-17(15)9-13(18)2/h3,5-6,13,15,19H,4,7-11H2,1-2H3. The molecule has 0 amide bonds. The van der Waals surface area contributed by atoms with Gasteiger partial charge in [0.05, 0.1) is 0 Å². The van der Waals surface area contributed by atoms with Gasteiger partial charge in [-0.1, -0.05) is 18.2 Å². The minimum Gasteiger partial charge on any atom is -0.507 e. The van der Waals surface area contributed by atoms with Gasteiger partial charge in [0, 0.05) is 37.3 Å². The van der Waals surface area contributed by atoms with E-state index in [-0.39, 0.29) is 0 Å². The van der Waals surface area contributed by atoms with Crippen molar-refractivity contribution in [3.63, 3.8) is 0 Å². The van der Waals surface area contributed by atoms with Crippen molar-refractivity contribution in [2.24, 2.45) is 0 Å². The van der Waals surface area contributed by atoms with Crippen LogP contribution >= 0.6 is 0 Å². The molecule has 2 heterocycles. The van der Waals surface area contributed by atoms with Gasteiger partial charge in [-0.05, 0) is 38.8 Å². The lowest BCUT2D eigenvalue weighted by molar-refractivity contribution is 0.0535. The summed E-state index contributed by atoms with van der Waals surface area (Å²) in [5, 5.41) is 10.2. The Balaban J connectivity index is 1.73. The maximum Gasteiger partial charge on any atom is 0.122 e. The number of piperazine rings is 1. The average molecular weight is 260 g/mol. The number of phenolic OH excluding ortho intramolecular Hbond substituents is 1. The van der Waals surface area contributed by atoms with Gasteiger partial charge in [-0.2, -0.15) is 0 Å². The molecule has 19 heavy (non-hydrogen) atoms. The molecule has 0 bridgehead atoms. The van der Waals surface area contributed by atoms with E-state index in [2.05, 4.69) is 22.8 Å². The molecule has 0 spiro atoms. The van der Waals surface area contributed by atoms with Crippen molar-refractivity contribution in [3.05, 3.63) is 29.3 Å². The number of nitrogens with zero attached hydrogens (tertiary/aromatic N) is 2. The number of benzene rings is 1. The summed E-state index contributed by atoms with van der Waals surface area (Å²) < 4.78 is 0. The van der Waals surface area contributed by atoms with Gasteiger partial charge in [0.25, 0.3) is 0 Å². The van der Waals surface area contributed by atoms with Crippen LogP contribution in [0.4, 0.5) is 0 Å². The van der Waals surface area contributed by atoms with Gasteiger partial charge in [0.2, 0.25) is 0 Å². The van der Waals surface area contributed by atoms with Gasteiger partial charge >= 0.3 is 0 Å². The first-order valence-electron chi connectivity index (χ1n) is 7.40. The van der Waals surface area contributed by atoms with Crippen LogP contribution in [-0.4, -0.2) is 46.6 Å². The van der Waals surface area contributed by atoms with E-state index in [1.54, 1.807) is 0 Å². The van der Waals surface area contributed by atoms with Gasteiger partial charge in [0.1, 0.15) is 5.75 Å². The first kappa shape index (κ1) is 12.9. The van der Waals surface area contributed by atoms with E-state index in [1.165, 1.54) is 25.9 Å². The first-order valence-corrected chi connectivity index (χ1v) is 7.40. The highest BCUT2D eigenvalue weighted by Gasteiger charge is 2.34. The lowest BCUT2D eigenvalue weighted by Crippen LogP contribution is -2.54. The molecule has 3 heteroatoms. The summed E-state index contributed by atoms with van der Waals surface area (Å²) in [5.41, 5.74) is 2.04. The third-order valence-corrected chi connectivity index (χ3v) is 4.76. The molecule has 2 atom stereocenters. The monoisotopic (exact) mass is 260 g/mol. The maximum atomic E-state index is 10.2. The smallest absolute Gasteiger partial charge is 0.122 e. The maximum absolute atomic E-state index is 10.2. The van der Waals surface area contributed by atoms with Crippen LogP contribution in [0.25, 0.3) is 0 Å². The van der Waals surface area contributed by atoms with Crippen molar-refractivity contribution < 1.29 is 5.11 Å². The van der Waals surface area contributed by atoms with Crippen molar-refractivity contribution >= 4 is 0 Å². The summed E-state index contributed by atoms with van der Waals surface area (Å²) in [5.74, 6) is 0.476. The number of hydrogen-bond acceptors (Lipinski definition) is 3. The van der Waals surface area contributed by atoms with E-state index in [0.717, 1.165) is 30.3 Å². The van der Waals surface area contributed by atoms with Crippen LogP contribution in [0.15, 0.2) is 18.2 Å². The molecule has 2 aliphatic rings. The van der Waals surface area contributed by atoms with Gasteiger partial charge in [-0.3, -0.25) is 9.80 Å². The second-order valence-corrected chi connectivity index (χ2v) is 6.15. The molecule has 0 aliphatic carbocycles. The Kier molecular flexibility index (Phi) is 3.50. The van der Waals surface area contributed by atoms with Crippen molar-refractivity contribution in [3.8, 4) is 5.75 Å². The Morgan fingerprint density at radius 1 is 1.32 bits per heavy atom. The third-order valence-electron chi connectivity index (χ3n) is 4.76. The Morgan fingerprint density at radius 2 is 2.16 bits per heavy atom. The molecule has 3 rings (SSSR count). The highest BCUT2D eigenvalue weighted by atomic mass is 16.3. The summed E-state index contributed by atoms with van der Waals surface area (Å²) in [6.45, 7) is 8.75. The molecule has 104 valence electrons. The lowest BCUT2D eigenvalue weighted by atomic mass is 10.0. The van der Waals surface area contributed by atoms with E-state index in [4.69, 9.17) is 0 Å². The number of aromatic hydroxyl groups is 1. The van der Waals surface area contributed by atoms with E-state index < -0.39 is 0 Å². The minimum absolute atomic E-state index is 0.476. The molecule has 0 aromatic heterocycles. The van der Waals surface area contributed by atoms with Crippen LogP contribution in [0.2, 0.25) is 0 Å². The summed E-state index contributed by atoms with van der Waals surface area (Å²) in [7, 11) is 0. The zero-order valence-corrected chi connectivity index (χ0v) is 12.0. The summed E-state index contributed by atoms with van der Waals surface area (Å²) in [6, 6.07) is 7.38. The molecule has 1 N–H and O–H groups in total. The highest BCUT2D eigenvalue weighted by molar-refractivity contribution is 5.39. The van der Waals surface area contributed by atoms with Crippen molar-refractivity contribution in [2.75, 3.05) is 19.6 Å². The Bertz CT molecular complexity index is 460. The fourth-order valence-corrected chi connectivity index (χ4v) is 3.53. The van der Waals surface area contributed by atoms with Gasteiger partial charge < -0.3 is 5.11 Å². The zero-order valence-electron chi connectivity index (χ0n) is 12.0. The van der Waals surface area contributed by atoms with Crippen LogP contribution in [0.5, 0.6) is 5.75 Å². The molecule has 0 saturated carbocycles. The van der Waals surface area contributed by atoms with Gasteiger partial charge in [-0.15, -0.1) is 0 Å². The second kappa shape index (κ2) is 5.14. The second-order valence-electron chi connectivity index (χ2n) is 6.15. The minimum atomic E-state index is 0.476. The molecule has 1 aromatic rings. The largest absolute Gasteiger partial charge is 0.507 e. The average Bonchev–Trinajstić information content (AvgIpc) is 2.82. The Labute approximate surface area is 115 Å². The van der Waals surface area contributed by atoms with Gasteiger partial charge in [-0.25, -0.2) is 0 Å². The molecule has 2 aliphatic heterocycles. The molecule has 2 unspecified atom stereocenters. The topological polar surface area (TPSA) is 26.7 Å². The van der Waals surface area contributed by atoms with Gasteiger partial charge in [0.15, 0.2) is 0 Å². The number of phenols is 1. The molecular weight excluding hydrogens is 236 g/mol. The van der Waals surface area contributed by atoms with E-state index in [0.29, 0.717) is 11.8 Å². The fraction of sp³-hybridized carbons (Fsp3) is 0.625. The first-order chi connectivity index (χ1) is 9.15. The van der Waals surface area contributed by atoms with Crippen LogP contribution < -0.4 is 0 Å². The molecular formula is C16H24N2O. The SMILES string of the molecule is Cc1cccc(CN2CC3CCCN3CC2C)c1O. The quantitative estimate of drug-likeness (QED) is 0.884. The lowest BCUT2D eigenvalue weighted by Gasteiger charge is -2.42. The summed E-state index contributed by atoms with van der Waals surface area (Å²) in [6.07, 6.45) is 2.68. The molecule has 3 nitrogen and oxygen atoms in total. The van der Waals surface area contributed by atoms with Crippen LogP contribution in [0, 0.1) is 6.92 Å². The summed E-state index contributed by atoms with van der Waals surface area (Å²) >= 11 is 0. The molecule has 1 aromatic carbocycles. The number of rotatable bonds is 2. The van der Waals surface area contributed by atoms with E-state index >= 15 is 0 Å². The Morgan fingerprint density at radius 3 is 3.00 bits per heavy atom. The number of para-hydroxylation sites is 1. The number of aryl methyl sites for hydroxylation is 1. The summed E-state index contributed by atoms with van der Waals surface area (Å²) in [4.78, 5) is 5.16. The van der Waals surface area contributed by atoms with Crippen LogP contribution in [0.3, 0.4) is 0 Å². The highest BCUT2D eigenvalue weighted by Crippen LogP contribution is 2.28. The molecule has 0 radical (unpaired) electrons. The van der Waals surface area contributed by atoms with Crippen molar-refractivity contribution in [1.82, 2.24) is 9.80 Å². The fourth-order valence-electron chi connectivity index (χ4n) is 3.53. The Hall–Kier alpha value is -1.06. The third kappa shape index (κ3) is 2.49. The van der Waals surface area contributed by atoms with E-state index in [1.807, 2.05) is 19.1 Å². The zero-order chi connectivity index (χ0) is 13.4. The van der Waals surface area contributed by atoms with Crippen molar-refractivity contribution in [1.29, 1.82) is 0 Å². The predicted molar refractivity (Wildman–Crippen MR) is 77.3 cm³/mol. The number of hydrogen-bond donors (Lipinski definition) is 1. The normalized spacial score (nSPS) is 28.5. The van der Waals surface area contributed by atoms with Crippen molar-refractivity contribution in [2.45, 2.75) is 45.3 Å².